The molecule has 1 aromatic rings. The second-order valence-corrected chi connectivity index (χ2v) is 5.70. The van der Waals surface area contributed by atoms with Crippen LogP contribution in [0, 0.1) is 12.7 Å². The van der Waals surface area contributed by atoms with Gasteiger partial charge in [0.2, 0.25) is 0 Å². The lowest BCUT2D eigenvalue weighted by Gasteiger charge is -2.21. The van der Waals surface area contributed by atoms with Crippen molar-refractivity contribution in [1.82, 2.24) is 5.32 Å². The van der Waals surface area contributed by atoms with Crippen molar-refractivity contribution in [2.75, 3.05) is 13.2 Å². The van der Waals surface area contributed by atoms with Gasteiger partial charge in [0.25, 0.3) is 5.91 Å². The molecule has 0 heterocycles. The number of carbonyl (C=O) groups excluding carboxylic acids is 1. The van der Waals surface area contributed by atoms with Gasteiger partial charge in [0.15, 0.2) is 0 Å². The number of rotatable bonds is 6. The van der Waals surface area contributed by atoms with Crippen LogP contribution in [0.25, 0.3) is 0 Å². The van der Waals surface area contributed by atoms with Crippen LogP contribution >= 0.6 is 0 Å². The smallest absolute Gasteiger partial charge is 0.251 e. The van der Waals surface area contributed by atoms with Gasteiger partial charge in [-0.1, -0.05) is 25.3 Å². The first kappa shape index (κ1) is 16.0. The molecular weight excluding hydrogens is 269 g/mol. The van der Waals surface area contributed by atoms with E-state index in [2.05, 4.69) is 5.32 Å². The van der Waals surface area contributed by atoms with Crippen LogP contribution in [0.2, 0.25) is 0 Å². The molecule has 0 aromatic heterocycles. The van der Waals surface area contributed by atoms with E-state index in [0.717, 1.165) is 24.8 Å². The van der Waals surface area contributed by atoms with E-state index in [4.69, 9.17) is 4.74 Å². The van der Waals surface area contributed by atoms with E-state index in [0.29, 0.717) is 24.8 Å². The highest BCUT2D eigenvalue weighted by molar-refractivity contribution is 5.95. The molecule has 0 atom stereocenters. The van der Waals surface area contributed by atoms with Crippen molar-refractivity contribution in [3.8, 4) is 0 Å². The standard InChI is InChI=1S/C17H24FNO2/c1-13-8-9-14(18)12-16(13)17(20)19-10-5-11-21-15-6-3-2-4-7-15/h8-9,12,15H,2-7,10-11H2,1H3,(H,19,20). The molecule has 0 spiro atoms. The molecule has 116 valence electrons. The molecule has 0 unspecified atom stereocenters. The van der Waals surface area contributed by atoms with Crippen LogP contribution in [0.4, 0.5) is 4.39 Å². The minimum absolute atomic E-state index is 0.218. The van der Waals surface area contributed by atoms with Crippen molar-refractivity contribution >= 4 is 5.91 Å². The van der Waals surface area contributed by atoms with Crippen molar-refractivity contribution in [1.29, 1.82) is 0 Å². The Hall–Kier alpha value is -1.42. The Morgan fingerprint density at radius 3 is 2.86 bits per heavy atom. The normalized spacial score (nSPS) is 15.9. The lowest BCUT2D eigenvalue weighted by molar-refractivity contribution is 0.0273. The highest BCUT2D eigenvalue weighted by Gasteiger charge is 2.13. The summed E-state index contributed by atoms with van der Waals surface area (Å²) in [5.74, 6) is -0.601. The Kier molecular flexibility index (Phi) is 6.18. The summed E-state index contributed by atoms with van der Waals surface area (Å²) in [5, 5.41) is 2.82. The molecule has 1 aliphatic carbocycles. The highest BCUT2D eigenvalue weighted by atomic mass is 19.1. The molecule has 21 heavy (non-hydrogen) atoms. The highest BCUT2D eigenvalue weighted by Crippen LogP contribution is 2.20. The zero-order chi connectivity index (χ0) is 15.1. The lowest BCUT2D eigenvalue weighted by atomic mass is 9.98. The fourth-order valence-electron chi connectivity index (χ4n) is 2.69. The summed E-state index contributed by atoms with van der Waals surface area (Å²) in [4.78, 5) is 12.0. The summed E-state index contributed by atoms with van der Waals surface area (Å²) in [5.41, 5.74) is 1.19. The molecule has 1 amide bonds. The molecule has 1 aliphatic rings. The van der Waals surface area contributed by atoms with Gasteiger partial charge in [-0.3, -0.25) is 4.79 Å². The monoisotopic (exact) mass is 293 g/mol. The van der Waals surface area contributed by atoms with Gasteiger partial charge < -0.3 is 10.1 Å². The van der Waals surface area contributed by atoms with E-state index in [-0.39, 0.29) is 11.7 Å². The molecule has 1 N–H and O–H groups in total. The number of ether oxygens (including phenoxy) is 1. The Balaban J connectivity index is 1.66. The second kappa shape index (κ2) is 8.13. The molecular formula is C17H24FNO2. The Morgan fingerprint density at radius 2 is 2.10 bits per heavy atom. The van der Waals surface area contributed by atoms with Crippen LogP contribution < -0.4 is 5.32 Å². The minimum atomic E-state index is -0.383. The average Bonchev–Trinajstić information content (AvgIpc) is 2.50. The molecule has 0 radical (unpaired) electrons. The third-order valence-corrected chi connectivity index (χ3v) is 3.96. The van der Waals surface area contributed by atoms with Crippen molar-refractivity contribution in [2.24, 2.45) is 0 Å². The number of aryl methyl sites for hydroxylation is 1. The third-order valence-electron chi connectivity index (χ3n) is 3.96. The minimum Gasteiger partial charge on any atom is -0.378 e. The molecule has 0 bridgehead atoms. The van der Waals surface area contributed by atoms with Crippen molar-refractivity contribution in [3.63, 3.8) is 0 Å². The number of amides is 1. The van der Waals surface area contributed by atoms with Crippen LogP contribution in [-0.2, 0) is 4.74 Å². The summed E-state index contributed by atoms with van der Waals surface area (Å²) in [6, 6.07) is 4.27. The lowest BCUT2D eigenvalue weighted by Crippen LogP contribution is -2.27. The molecule has 2 rings (SSSR count). The summed E-state index contributed by atoms with van der Waals surface area (Å²) < 4.78 is 19.0. The zero-order valence-electron chi connectivity index (χ0n) is 12.7. The maximum atomic E-state index is 13.2. The van der Waals surface area contributed by atoms with Gasteiger partial charge in [-0.25, -0.2) is 4.39 Å². The fourth-order valence-corrected chi connectivity index (χ4v) is 2.69. The Labute approximate surface area is 125 Å². The number of hydrogen-bond acceptors (Lipinski definition) is 2. The largest absolute Gasteiger partial charge is 0.378 e. The zero-order valence-corrected chi connectivity index (χ0v) is 12.7. The van der Waals surface area contributed by atoms with E-state index < -0.39 is 0 Å². The SMILES string of the molecule is Cc1ccc(F)cc1C(=O)NCCCOC1CCCCC1. The van der Waals surface area contributed by atoms with Gasteiger partial charge in [-0.2, -0.15) is 0 Å². The predicted molar refractivity (Wildman–Crippen MR) is 80.9 cm³/mol. The van der Waals surface area contributed by atoms with Gasteiger partial charge in [0.05, 0.1) is 6.10 Å². The van der Waals surface area contributed by atoms with Crippen molar-refractivity contribution < 1.29 is 13.9 Å². The number of benzene rings is 1. The molecule has 4 heteroatoms. The predicted octanol–water partition coefficient (Wildman–Crippen LogP) is 3.60. The topological polar surface area (TPSA) is 38.3 Å². The second-order valence-electron chi connectivity index (χ2n) is 5.70. The summed E-state index contributed by atoms with van der Waals surface area (Å²) in [6.45, 7) is 3.04. The molecule has 1 saturated carbocycles. The molecule has 1 fully saturated rings. The first-order chi connectivity index (χ1) is 10.2. The first-order valence-electron chi connectivity index (χ1n) is 7.83. The maximum absolute atomic E-state index is 13.2. The van der Waals surface area contributed by atoms with E-state index in [1.54, 1.807) is 13.0 Å². The summed E-state index contributed by atoms with van der Waals surface area (Å²) in [6.07, 6.45) is 7.36. The van der Waals surface area contributed by atoms with Gasteiger partial charge in [0, 0.05) is 18.7 Å². The maximum Gasteiger partial charge on any atom is 0.251 e. The third kappa shape index (κ3) is 5.12. The number of halogens is 1. The van der Waals surface area contributed by atoms with Gasteiger partial charge in [-0.05, 0) is 43.9 Å². The van der Waals surface area contributed by atoms with Crippen molar-refractivity contribution in [3.05, 3.63) is 35.1 Å². The number of carbonyl (C=O) groups is 1. The Morgan fingerprint density at radius 1 is 1.33 bits per heavy atom. The van der Waals surface area contributed by atoms with Crippen LogP contribution in [0.3, 0.4) is 0 Å². The molecule has 0 aliphatic heterocycles. The molecule has 0 saturated heterocycles. The Bertz CT molecular complexity index is 470. The van der Waals surface area contributed by atoms with E-state index in [9.17, 15) is 9.18 Å². The van der Waals surface area contributed by atoms with Gasteiger partial charge in [0.1, 0.15) is 5.82 Å². The van der Waals surface area contributed by atoms with Crippen molar-refractivity contribution in [2.45, 2.75) is 51.6 Å². The van der Waals surface area contributed by atoms with Gasteiger partial charge in [-0.15, -0.1) is 0 Å². The van der Waals surface area contributed by atoms with Crippen LogP contribution in [-0.4, -0.2) is 25.2 Å². The number of hydrogen-bond donors (Lipinski definition) is 1. The van der Waals surface area contributed by atoms with E-state index in [1.807, 2.05) is 0 Å². The fraction of sp³-hybridized carbons (Fsp3) is 0.588. The average molecular weight is 293 g/mol. The number of nitrogens with one attached hydrogen (secondary N) is 1. The van der Waals surface area contributed by atoms with E-state index >= 15 is 0 Å². The van der Waals surface area contributed by atoms with E-state index in [1.165, 1.54) is 31.4 Å². The van der Waals surface area contributed by atoms with Gasteiger partial charge >= 0.3 is 0 Å². The van der Waals surface area contributed by atoms with Crippen LogP contribution in [0.15, 0.2) is 18.2 Å². The first-order valence-corrected chi connectivity index (χ1v) is 7.83. The summed E-state index contributed by atoms with van der Waals surface area (Å²) >= 11 is 0. The quantitative estimate of drug-likeness (QED) is 0.814. The molecule has 1 aromatic carbocycles. The van der Waals surface area contributed by atoms with Crippen LogP contribution in [0.1, 0.15) is 54.4 Å². The molecule has 3 nitrogen and oxygen atoms in total. The summed E-state index contributed by atoms with van der Waals surface area (Å²) in [7, 11) is 0. The van der Waals surface area contributed by atoms with Crippen LogP contribution in [0.5, 0.6) is 0 Å².